The highest BCUT2D eigenvalue weighted by Crippen LogP contribution is 2.40. The fraction of sp³-hybridized carbons (Fsp3) is 0.400. The number of anilines is 1. The fourth-order valence-corrected chi connectivity index (χ4v) is 5.80. The molecule has 1 aliphatic heterocycles. The van der Waals surface area contributed by atoms with Crippen LogP contribution in [0.3, 0.4) is 0 Å². The largest absolute Gasteiger partial charge is 0.465 e. The molecule has 1 N–H and O–H groups in total. The van der Waals surface area contributed by atoms with Crippen LogP contribution in [0.15, 0.2) is 18.2 Å². The van der Waals surface area contributed by atoms with E-state index < -0.39 is 36.3 Å². The van der Waals surface area contributed by atoms with Gasteiger partial charge in [0.15, 0.2) is 6.61 Å². The third kappa shape index (κ3) is 4.58. The van der Waals surface area contributed by atoms with E-state index in [2.05, 4.69) is 12.2 Å². The van der Waals surface area contributed by atoms with Crippen molar-refractivity contribution in [2.45, 2.75) is 46.1 Å². The molecule has 184 valence electrons. The molecule has 0 radical (unpaired) electrons. The first-order chi connectivity index (χ1) is 16.6. The fourth-order valence-electron chi connectivity index (χ4n) is 4.39. The highest BCUT2D eigenvalue weighted by molar-refractivity contribution is 7.17. The molecule has 1 aromatic heterocycles. The molecule has 0 saturated heterocycles. The zero-order valence-corrected chi connectivity index (χ0v) is 20.7. The average Bonchev–Trinajstić information content (AvgIpc) is 3.29. The van der Waals surface area contributed by atoms with Crippen LogP contribution in [0.4, 0.5) is 5.00 Å². The SMILES string of the molecule is COC(=O)c1c(NC(=O)COC(=O)c2ccc3c(c2)C(=O)N(C(C)C)C3=O)sc2c1CCC(C)C2. The highest BCUT2D eigenvalue weighted by atomic mass is 32.1. The van der Waals surface area contributed by atoms with Crippen LogP contribution in [0.25, 0.3) is 0 Å². The van der Waals surface area contributed by atoms with Crippen LogP contribution in [-0.2, 0) is 27.1 Å². The monoisotopic (exact) mass is 498 g/mol. The lowest BCUT2D eigenvalue weighted by Crippen LogP contribution is -2.35. The van der Waals surface area contributed by atoms with Gasteiger partial charge in [0.05, 0.1) is 29.4 Å². The minimum Gasteiger partial charge on any atom is -0.465 e. The Hall–Kier alpha value is -3.53. The summed E-state index contributed by atoms with van der Waals surface area (Å²) in [4.78, 5) is 64.6. The van der Waals surface area contributed by atoms with Gasteiger partial charge in [-0.2, -0.15) is 0 Å². The van der Waals surface area contributed by atoms with Crippen molar-refractivity contribution in [3.8, 4) is 0 Å². The second kappa shape index (κ2) is 9.61. The molecular formula is C25H26N2O7S. The Morgan fingerprint density at radius 1 is 1.14 bits per heavy atom. The molecule has 1 aliphatic carbocycles. The van der Waals surface area contributed by atoms with Gasteiger partial charge in [0.2, 0.25) is 0 Å². The third-order valence-corrected chi connectivity index (χ3v) is 7.33. The maximum absolute atomic E-state index is 12.6. The molecular weight excluding hydrogens is 472 g/mol. The van der Waals surface area contributed by atoms with Crippen molar-refractivity contribution in [3.63, 3.8) is 0 Å². The number of carbonyl (C=O) groups is 5. The summed E-state index contributed by atoms with van der Waals surface area (Å²) >= 11 is 1.34. The number of hydrogen-bond acceptors (Lipinski definition) is 8. The smallest absolute Gasteiger partial charge is 0.341 e. The number of thiophene rings is 1. The lowest BCUT2D eigenvalue weighted by molar-refractivity contribution is -0.119. The molecule has 0 saturated carbocycles. The Morgan fingerprint density at radius 2 is 1.86 bits per heavy atom. The number of ether oxygens (including phenoxy) is 2. The van der Waals surface area contributed by atoms with Crippen LogP contribution < -0.4 is 5.32 Å². The molecule has 2 aliphatic rings. The number of esters is 2. The summed E-state index contributed by atoms with van der Waals surface area (Å²) in [5.41, 5.74) is 1.67. The second-order valence-electron chi connectivity index (χ2n) is 9.01. The predicted molar refractivity (Wildman–Crippen MR) is 128 cm³/mol. The van der Waals surface area contributed by atoms with Gasteiger partial charge in [0.25, 0.3) is 17.7 Å². The number of amides is 3. The number of carbonyl (C=O) groups excluding carboxylic acids is 5. The zero-order chi connectivity index (χ0) is 25.4. The maximum atomic E-state index is 12.6. The summed E-state index contributed by atoms with van der Waals surface area (Å²) < 4.78 is 10.0. The van der Waals surface area contributed by atoms with E-state index >= 15 is 0 Å². The Morgan fingerprint density at radius 3 is 2.54 bits per heavy atom. The second-order valence-corrected chi connectivity index (χ2v) is 10.1. The molecule has 0 bridgehead atoms. The van der Waals surface area contributed by atoms with E-state index in [9.17, 15) is 24.0 Å². The van der Waals surface area contributed by atoms with Gasteiger partial charge in [-0.3, -0.25) is 19.3 Å². The maximum Gasteiger partial charge on any atom is 0.341 e. The van der Waals surface area contributed by atoms with Gasteiger partial charge in [0.1, 0.15) is 5.00 Å². The molecule has 2 aromatic rings. The summed E-state index contributed by atoms with van der Waals surface area (Å²) in [5.74, 6) is -2.32. The highest BCUT2D eigenvalue weighted by Gasteiger charge is 2.37. The van der Waals surface area contributed by atoms with Crippen molar-refractivity contribution in [1.82, 2.24) is 4.90 Å². The van der Waals surface area contributed by atoms with Gasteiger partial charge in [-0.25, -0.2) is 9.59 Å². The number of nitrogens with zero attached hydrogens (tertiary/aromatic N) is 1. The normalized spacial score (nSPS) is 16.7. The number of imide groups is 1. The first-order valence-electron chi connectivity index (χ1n) is 11.3. The van der Waals surface area contributed by atoms with E-state index in [-0.39, 0.29) is 22.7 Å². The summed E-state index contributed by atoms with van der Waals surface area (Å²) in [6.07, 6.45) is 2.50. The number of benzene rings is 1. The van der Waals surface area contributed by atoms with Gasteiger partial charge in [-0.15, -0.1) is 11.3 Å². The molecule has 3 amide bonds. The van der Waals surface area contributed by atoms with E-state index in [1.807, 2.05) is 0 Å². The minimum atomic E-state index is -0.807. The summed E-state index contributed by atoms with van der Waals surface area (Å²) in [6, 6.07) is 3.79. The van der Waals surface area contributed by atoms with Crippen molar-refractivity contribution in [1.29, 1.82) is 0 Å². The van der Waals surface area contributed by atoms with E-state index in [0.29, 0.717) is 16.5 Å². The molecule has 1 atom stereocenters. The number of hydrogen-bond donors (Lipinski definition) is 1. The van der Waals surface area contributed by atoms with E-state index in [4.69, 9.17) is 9.47 Å². The van der Waals surface area contributed by atoms with Crippen LogP contribution in [0.2, 0.25) is 0 Å². The standard InChI is InChI=1S/C25H26N2O7S/c1-12(2)27-22(29)15-8-6-14(10-17(15)23(27)30)24(31)34-11-19(28)26-21-20(25(32)33-4)16-7-5-13(3)9-18(16)35-21/h6,8,10,12-13H,5,7,9,11H2,1-4H3,(H,26,28). The lowest BCUT2D eigenvalue weighted by atomic mass is 9.88. The number of fused-ring (bicyclic) bond motifs is 2. The van der Waals surface area contributed by atoms with Gasteiger partial charge in [-0.05, 0) is 62.8 Å². The van der Waals surface area contributed by atoms with Crippen molar-refractivity contribution < 1.29 is 33.4 Å². The summed E-state index contributed by atoms with van der Waals surface area (Å²) in [5, 5.41) is 3.06. The molecule has 2 heterocycles. The third-order valence-electron chi connectivity index (χ3n) is 6.16. The predicted octanol–water partition coefficient (Wildman–Crippen LogP) is 3.46. The lowest BCUT2D eigenvalue weighted by Gasteiger charge is -2.18. The van der Waals surface area contributed by atoms with Crippen molar-refractivity contribution >= 4 is 46.0 Å². The van der Waals surface area contributed by atoms with E-state index in [0.717, 1.165) is 34.6 Å². The molecule has 35 heavy (non-hydrogen) atoms. The van der Waals surface area contributed by atoms with Gasteiger partial charge in [-0.1, -0.05) is 6.92 Å². The van der Waals surface area contributed by atoms with Gasteiger partial charge < -0.3 is 14.8 Å². The van der Waals surface area contributed by atoms with E-state index in [1.165, 1.54) is 36.6 Å². The van der Waals surface area contributed by atoms with Crippen LogP contribution in [0.5, 0.6) is 0 Å². The molecule has 1 aromatic carbocycles. The molecule has 10 heteroatoms. The Labute approximate surface area is 206 Å². The van der Waals surface area contributed by atoms with Crippen LogP contribution in [0.1, 0.15) is 79.1 Å². The quantitative estimate of drug-likeness (QED) is 0.478. The number of rotatable bonds is 6. The molecule has 4 rings (SSSR count). The van der Waals surface area contributed by atoms with Crippen LogP contribution in [0, 0.1) is 5.92 Å². The molecule has 0 spiro atoms. The Balaban J connectivity index is 1.44. The van der Waals surface area contributed by atoms with E-state index in [1.54, 1.807) is 13.8 Å². The minimum absolute atomic E-state index is 0.0548. The molecule has 1 unspecified atom stereocenters. The van der Waals surface area contributed by atoms with Crippen molar-refractivity contribution in [3.05, 3.63) is 50.9 Å². The average molecular weight is 499 g/mol. The first-order valence-corrected chi connectivity index (χ1v) is 12.2. The number of methoxy groups -OCH3 is 1. The summed E-state index contributed by atoms with van der Waals surface area (Å²) in [7, 11) is 1.29. The summed E-state index contributed by atoms with van der Waals surface area (Å²) in [6.45, 7) is 5.01. The van der Waals surface area contributed by atoms with Crippen LogP contribution in [-0.4, -0.2) is 54.3 Å². The topological polar surface area (TPSA) is 119 Å². The van der Waals surface area contributed by atoms with Crippen molar-refractivity contribution in [2.24, 2.45) is 5.92 Å². The molecule has 0 fully saturated rings. The zero-order valence-electron chi connectivity index (χ0n) is 19.9. The Bertz CT molecular complexity index is 1250. The number of nitrogens with one attached hydrogen (secondary N) is 1. The Kier molecular flexibility index (Phi) is 6.75. The van der Waals surface area contributed by atoms with Crippen molar-refractivity contribution in [2.75, 3.05) is 19.0 Å². The van der Waals surface area contributed by atoms with Gasteiger partial charge >= 0.3 is 11.9 Å². The first kappa shape index (κ1) is 24.6. The van der Waals surface area contributed by atoms with Crippen LogP contribution >= 0.6 is 11.3 Å². The van der Waals surface area contributed by atoms with Gasteiger partial charge in [0, 0.05) is 10.9 Å². The molecule has 9 nitrogen and oxygen atoms in total.